The average Bonchev–Trinajstić information content (AvgIpc) is 2.85. The van der Waals surface area contributed by atoms with E-state index in [-0.39, 0.29) is 47.2 Å². The van der Waals surface area contributed by atoms with Crippen molar-refractivity contribution < 1.29 is 29.3 Å². The van der Waals surface area contributed by atoms with E-state index in [1.165, 1.54) is 30.2 Å². The van der Waals surface area contributed by atoms with Crippen molar-refractivity contribution in [3.05, 3.63) is 40.1 Å². The number of hydrogen-bond acceptors (Lipinski definition) is 6. The number of nitrogens with zero attached hydrogens (tertiary/aromatic N) is 1. The van der Waals surface area contributed by atoms with Crippen LogP contribution in [-0.2, 0) is 14.3 Å². The van der Waals surface area contributed by atoms with Crippen LogP contribution in [0.2, 0.25) is 5.02 Å². The summed E-state index contributed by atoms with van der Waals surface area (Å²) < 4.78 is 4.66. The zero-order chi connectivity index (χ0) is 17.9. The Hall–Kier alpha value is -2.58. The number of carbonyl (C=O) groups is 3. The van der Waals surface area contributed by atoms with Crippen molar-refractivity contribution >= 4 is 35.1 Å². The molecule has 0 aliphatic carbocycles. The van der Waals surface area contributed by atoms with E-state index < -0.39 is 17.8 Å². The Balaban J connectivity index is 2.40. The number of β-amino-alcohol motifs (C(OH)–C–C–N with tert-alkyl or cyclic N) is 1. The molecule has 0 fully saturated rings. The Morgan fingerprint density at radius 3 is 2.71 bits per heavy atom. The lowest BCUT2D eigenvalue weighted by Crippen LogP contribution is -2.31. The van der Waals surface area contributed by atoms with E-state index in [1.807, 2.05) is 0 Å². The maximum Gasteiger partial charge on any atom is 0.337 e. The molecule has 0 saturated heterocycles. The average molecular weight is 355 g/mol. The van der Waals surface area contributed by atoms with Gasteiger partial charge in [0, 0.05) is 6.54 Å². The molecule has 24 heavy (non-hydrogen) atoms. The third-order valence-corrected chi connectivity index (χ3v) is 3.76. The molecule has 0 unspecified atom stereocenters. The molecule has 0 spiro atoms. The van der Waals surface area contributed by atoms with Gasteiger partial charge in [0.25, 0.3) is 5.91 Å². The van der Waals surface area contributed by atoms with E-state index >= 15 is 0 Å². The van der Waals surface area contributed by atoms with Gasteiger partial charge in [0.05, 0.1) is 42.1 Å². The van der Waals surface area contributed by atoms with Gasteiger partial charge in [-0.05, 0) is 18.2 Å². The number of ether oxygens (including phenoxy) is 1. The quantitative estimate of drug-likeness (QED) is 0.644. The van der Waals surface area contributed by atoms with Gasteiger partial charge in [-0.2, -0.15) is 0 Å². The van der Waals surface area contributed by atoms with Crippen LogP contribution in [0.1, 0.15) is 10.4 Å². The molecule has 128 valence electrons. The number of amides is 1. The van der Waals surface area contributed by atoms with E-state index in [9.17, 15) is 14.4 Å². The smallest absolute Gasteiger partial charge is 0.337 e. The summed E-state index contributed by atoms with van der Waals surface area (Å²) in [5, 5.41) is 21.0. The number of carboxylic acid groups (broad SMARTS) is 1. The van der Waals surface area contributed by atoms with Gasteiger partial charge in [0.1, 0.15) is 5.70 Å². The first-order chi connectivity index (χ1) is 11.4. The molecule has 1 heterocycles. The number of methoxy groups -OCH3 is 1. The van der Waals surface area contributed by atoms with Crippen molar-refractivity contribution in [2.75, 3.05) is 32.1 Å². The van der Waals surface area contributed by atoms with E-state index in [4.69, 9.17) is 21.8 Å². The van der Waals surface area contributed by atoms with Gasteiger partial charge in [-0.15, -0.1) is 0 Å². The van der Waals surface area contributed by atoms with Crippen molar-refractivity contribution in [1.82, 2.24) is 4.90 Å². The van der Waals surface area contributed by atoms with Gasteiger partial charge < -0.3 is 25.2 Å². The number of aliphatic hydroxyl groups is 1. The number of esters is 1. The first kappa shape index (κ1) is 17.8. The first-order valence-electron chi connectivity index (χ1n) is 6.90. The number of carboxylic acids is 1. The fraction of sp³-hybridized carbons (Fsp3) is 0.267. The van der Waals surface area contributed by atoms with Crippen molar-refractivity contribution in [2.24, 2.45) is 0 Å². The number of anilines is 1. The third kappa shape index (κ3) is 3.50. The van der Waals surface area contributed by atoms with Crippen LogP contribution in [0.15, 0.2) is 29.5 Å². The minimum atomic E-state index is -1.16. The summed E-state index contributed by atoms with van der Waals surface area (Å²) in [6.45, 7) is -0.235. The Bertz CT molecular complexity index is 731. The highest BCUT2D eigenvalue weighted by Crippen LogP contribution is 2.28. The van der Waals surface area contributed by atoms with Gasteiger partial charge in [-0.1, -0.05) is 11.6 Å². The summed E-state index contributed by atoms with van der Waals surface area (Å²) in [4.78, 5) is 36.6. The highest BCUT2D eigenvalue weighted by molar-refractivity contribution is 6.33. The monoisotopic (exact) mass is 354 g/mol. The van der Waals surface area contributed by atoms with E-state index in [2.05, 4.69) is 10.1 Å². The molecule has 1 aliphatic heterocycles. The van der Waals surface area contributed by atoms with Crippen LogP contribution in [0.4, 0.5) is 5.69 Å². The normalized spacial score (nSPS) is 14.1. The summed E-state index contributed by atoms with van der Waals surface area (Å²) in [6, 6.07) is 3.95. The van der Waals surface area contributed by atoms with E-state index in [1.54, 1.807) is 0 Å². The van der Waals surface area contributed by atoms with Crippen LogP contribution in [0.25, 0.3) is 0 Å². The van der Waals surface area contributed by atoms with Crippen LogP contribution < -0.4 is 5.32 Å². The summed E-state index contributed by atoms with van der Waals surface area (Å²) in [5.41, 5.74) is 0.166. The number of benzene rings is 1. The van der Waals surface area contributed by atoms with Gasteiger partial charge in [0.15, 0.2) is 0 Å². The van der Waals surface area contributed by atoms with Crippen LogP contribution in [0, 0.1) is 0 Å². The minimum absolute atomic E-state index is 0.0232. The van der Waals surface area contributed by atoms with Crippen molar-refractivity contribution in [2.45, 2.75) is 0 Å². The first-order valence-corrected chi connectivity index (χ1v) is 7.28. The number of carbonyl (C=O) groups excluding carboxylic acids is 2. The number of hydrogen-bond donors (Lipinski definition) is 3. The summed E-state index contributed by atoms with van der Waals surface area (Å²) in [5.74, 6) is -2.37. The lowest BCUT2D eigenvalue weighted by molar-refractivity contribution is -0.136. The lowest BCUT2D eigenvalue weighted by atomic mass is 10.2. The summed E-state index contributed by atoms with van der Waals surface area (Å²) in [6.07, 6.45) is 0. The molecule has 0 atom stereocenters. The Kier molecular flexibility index (Phi) is 5.42. The fourth-order valence-corrected chi connectivity index (χ4v) is 2.40. The van der Waals surface area contributed by atoms with Gasteiger partial charge in [0.2, 0.25) is 0 Å². The second-order valence-corrected chi connectivity index (χ2v) is 5.33. The molecule has 1 aromatic carbocycles. The number of aromatic carboxylic acids is 1. The molecule has 1 aliphatic rings. The Morgan fingerprint density at radius 2 is 2.12 bits per heavy atom. The minimum Gasteiger partial charge on any atom is -0.478 e. The maximum absolute atomic E-state index is 12.4. The van der Waals surface area contributed by atoms with Gasteiger partial charge in [-0.3, -0.25) is 4.79 Å². The Morgan fingerprint density at radius 1 is 1.42 bits per heavy atom. The fourth-order valence-electron chi connectivity index (χ4n) is 2.24. The molecule has 3 N–H and O–H groups in total. The molecule has 1 amide bonds. The summed E-state index contributed by atoms with van der Waals surface area (Å²) in [7, 11) is 1.18. The molecule has 0 bridgehead atoms. The molecule has 2 rings (SSSR count). The van der Waals surface area contributed by atoms with Gasteiger partial charge in [-0.25, -0.2) is 9.59 Å². The van der Waals surface area contributed by atoms with Crippen molar-refractivity contribution in [3.63, 3.8) is 0 Å². The van der Waals surface area contributed by atoms with Crippen LogP contribution in [-0.4, -0.2) is 59.8 Å². The number of rotatable bonds is 6. The molecular formula is C15H15ClN2O6. The highest BCUT2D eigenvalue weighted by atomic mass is 35.5. The van der Waals surface area contributed by atoms with E-state index in [0.29, 0.717) is 0 Å². The second kappa shape index (κ2) is 7.33. The molecular weight excluding hydrogens is 340 g/mol. The second-order valence-electron chi connectivity index (χ2n) is 4.92. The van der Waals surface area contributed by atoms with Crippen LogP contribution in [0.5, 0.6) is 0 Å². The largest absolute Gasteiger partial charge is 0.478 e. The molecule has 8 nitrogen and oxygen atoms in total. The van der Waals surface area contributed by atoms with Crippen LogP contribution >= 0.6 is 11.6 Å². The van der Waals surface area contributed by atoms with Crippen LogP contribution in [0.3, 0.4) is 0 Å². The SMILES string of the molecule is COC(=O)C1=C(Nc2cc(C(=O)O)ccc2Cl)C(=O)N(CCO)C1. The zero-order valence-electron chi connectivity index (χ0n) is 12.7. The molecule has 0 radical (unpaired) electrons. The predicted octanol–water partition coefficient (Wildman–Crippen LogP) is 0.712. The van der Waals surface area contributed by atoms with Crippen molar-refractivity contribution in [1.29, 1.82) is 0 Å². The predicted molar refractivity (Wildman–Crippen MR) is 84.7 cm³/mol. The molecule has 1 aromatic rings. The third-order valence-electron chi connectivity index (χ3n) is 3.43. The molecule has 9 heteroatoms. The zero-order valence-corrected chi connectivity index (χ0v) is 13.5. The van der Waals surface area contributed by atoms with Crippen molar-refractivity contribution in [3.8, 4) is 0 Å². The number of halogens is 1. The highest BCUT2D eigenvalue weighted by Gasteiger charge is 2.34. The number of aliphatic hydroxyl groups excluding tert-OH is 1. The van der Waals surface area contributed by atoms with E-state index in [0.717, 1.165) is 0 Å². The number of nitrogens with one attached hydrogen (secondary N) is 1. The molecule has 0 aromatic heterocycles. The van der Waals surface area contributed by atoms with Gasteiger partial charge >= 0.3 is 11.9 Å². The Labute approximate surface area is 142 Å². The molecule has 0 saturated carbocycles. The standard InChI is InChI=1S/C15H15ClN2O6/c1-24-15(23)9-7-18(4-5-19)13(20)12(9)17-11-6-8(14(21)22)2-3-10(11)16/h2-3,6,17,19H,4-5,7H2,1H3,(H,21,22). The lowest BCUT2D eigenvalue weighted by Gasteiger charge is -2.15. The topological polar surface area (TPSA) is 116 Å². The summed E-state index contributed by atoms with van der Waals surface area (Å²) >= 11 is 6.03. The maximum atomic E-state index is 12.4.